The third-order valence-corrected chi connectivity index (χ3v) is 6.80. The molecular weight excluding hydrogens is 528 g/mol. The van der Waals surface area contributed by atoms with Crippen LogP contribution in [0.15, 0.2) is 63.5 Å². The zero-order valence-corrected chi connectivity index (χ0v) is 21.1. The van der Waals surface area contributed by atoms with Crippen molar-refractivity contribution in [1.82, 2.24) is 4.98 Å². The molecule has 1 fully saturated rings. The number of nitrogens with zero attached hydrogens (tertiary/aromatic N) is 3. The minimum absolute atomic E-state index is 0.122. The Hall–Kier alpha value is -3.92. The topological polar surface area (TPSA) is 111 Å². The molecule has 0 spiro atoms. The van der Waals surface area contributed by atoms with E-state index in [0.717, 1.165) is 42.4 Å². The van der Waals surface area contributed by atoms with Crippen molar-refractivity contribution in [2.75, 3.05) is 30.4 Å². The summed E-state index contributed by atoms with van der Waals surface area (Å²) in [6.45, 7) is 1.63. The first-order valence-electron chi connectivity index (χ1n) is 11.5. The molecule has 10 heteroatoms. The minimum Gasteiger partial charge on any atom is -0.496 e. The SMILES string of the molecule is COc1ccc(-c2nc3cc(NC(=O)c4cc([N+](=O)[O-])ccc4N4CCCCC4)ccc3o2)cc1Br. The molecule has 1 aliphatic heterocycles. The number of ether oxygens (including phenoxy) is 1. The second-order valence-electron chi connectivity index (χ2n) is 8.51. The first-order valence-corrected chi connectivity index (χ1v) is 12.3. The van der Waals surface area contributed by atoms with Gasteiger partial charge in [0.05, 0.1) is 27.8 Å². The summed E-state index contributed by atoms with van der Waals surface area (Å²) >= 11 is 3.47. The number of halogens is 1. The second kappa shape index (κ2) is 9.98. The quantitative estimate of drug-likeness (QED) is 0.218. The maximum atomic E-state index is 13.3. The van der Waals surface area contributed by atoms with Crippen LogP contribution in [0.3, 0.4) is 0 Å². The number of carbonyl (C=O) groups is 1. The Labute approximate surface area is 215 Å². The number of rotatable bonds is 6. The van der Waals surface area contributed by atoms with Crippen LogP contribution in [-0.4, -0.2) is 36.0 Å². The van der Waals surface area contributed by atoms with Crippen LogP contribution in [0.5, 0.6) is 5.75 Å². The summed E-state index contributed by atoms with van der Waals surface area (Å²) in [7, 11) is 1.60. The van der Waals surface area contributed by atoms with E-state index in [1.165, 1.54) is 12.1 Å². The number of anilines is 2. The van der Waals surface area contributed by atoms with Crippen LogP contribution in [-0.2, 0) is 0 Å². The van der Waals surface area contributed by atoms with Crippen LogP contribution in [0.4, 0.5) is 17.1 Å². The first kappa shape index (κ1) is 23.8. The predicted molar refractivity (Wildman–Crippen MR) is 141 cm³/mol. The van der Waals surface area contributed by atoms with E-state index < -0.39 is 10.8 Å². The normalized spacial score (nSPS) is 13.6. The van der Waals surface area contributed by atoms with Crippen molar-refractivity contribution < 1.29 is 18.9 Å². The number of oxazole rings is 1. The van der Waals surface area contributed by atoms with Gasteiger partial charge >= 0.3 is 0 Å². The maximum Gasteiger partial charge on any atom is 0.270 e. The number of amides is 1. The highest BCUT2D eigenvalue weighted by molar-refractivity contribution is 9.10. The van der Waals surface area contributed by atoms with Crippen LogP contribution >= 0.6 is 15.9 Å². The average molecular weight is 551 g/mol. The Kier molecular flexibility index (Phi) is 6.60. The highest BCUT2D eigenvalue weighted by Gasteiger charge is 2.22. The first-order chi connectivity index (χ1) is 17.4. The summed E-state index contributed by atoms with van der Waals surface area (Å²) in [6.07, 6.45) is 3.18. The van der Waals surface area contributed by atoms with Crippen LogP contribution in [0.1, 0.15) is 29.6 Å². The third-order valence-electron chi connectivity index (χ3n) is 6.18. The molecule has 184 valence electrons. The Balaban J connectivity index is 1.43. The van der Waals surface area contributed by atoms with Gasteiger partial charge in [0, 0.05) is 36.5 Å². The molecule has 1 aliphatic rings. The van der Waals surface area contributed by atoms with E-state index in [4.69, 9.17) is 9.15 Å². The summed E-state index contributed by atoms with van der Waals surface area (Å²) in [5, 5.41) is 14.3. The number of hydrogen-bond acceptors (Lipinski definition) is 7. The van der Waals surface area contributed by atoms with Crippen LogP contribution in [0.25, 0.3) is 22.6 Å². The number of benzene rings is 3. The summed E-state index contributed by atoms with van der Waals surface area (Å²) in [6, 6.07) is 15.1. The molecule has 0 atom stereocenters. The van der Waals surface area contributed by atoms with E-state index in [9.17, 15) is 14.9 Å². The monoisotopic (exact) mass is 550 g/mol. The lowest BCUT2D eigenvalue weighted by molar-refractivity contribution is -0.384. The number of carbonyl (C=O) groups excluding carboxylic acids is 1. The van der Waals surface area contributed by atoms with Crippen molar-refractivity contribution in [3.8, 4) is 17.2 Å². The summed E-state index contributed by atoms with van der Waals surface area (Å²) in [4.78, 5) is 30.9. The molecule has 0 aliphatic carbocycles. The molecule has 1 N–H and O–H groups in total. The van der Waals surface area contributed by atoms with Crippen LogP contribution in [0.2, 0.25) is 0 Å². The van der Waals surface area contributed by atoms with Gasteiger partial charge in [0.2, 0.25) is 5.89 Å². The molecular formula is C26H23BrN4O5. The van der Waals surface area contributed by atoms with Gasteiger partial charge in [-0.2, -0.15) is 0 Å². The number of nitro benzene ring substituents is 1. The van der Waals surface area contributed by atoms with Crippen LogP contribution < -0.4 is 15.0 Å². The predicted octanol–water partition coefficient (Wildman–Crippen LogP) is 6.42. The molecule has 0 saturated carbocycles. The van der Waals surface area contributed by atoms with Crippen molar-refractivity contribution in [1.29, 1.82) is 0 Å². The van der Waals surface area contributed by atoms with Gasteiger partial charge in [0.15, 0.2) is 5.58 Å². The number of methoxy groups -OCH3 is 1. The Morgan fingerprint density at radius 2 is 1.92 bits per heavy atom. The van der Waals surface area contributed by atoms with Gasteiger partial charge in [-0.1, -0.05) is 0 Å². The summed E-state index contributed by atoms with van der Waals surface area (Å²) in [5.74, 6) is 0.717. The van der Waals surface area contributed by atoms with Crippen molar-refractivity contribution in [3.63, 3.8) is 0 Å². The molecule has 2 heterocycles. The van der Waals surface area contributed by atoms with Gasteiger partial charge in [-0.25, -0.2) is 4.98 Å². The average Bonchev–Trinajstić information content (AvgIpc) is 3.32. The van der Waals surface area contributed by atoms with E-state index in [1.807, 2.05) is 18.2 Å². The van der Waals surface area contributed by atoms with E-state index in [1.54, 1.807) is 31.4 Å². The van der Waals surface area contributed by atoms with E-state index in [2.05, 4.69) is 31.1 Å². The largest absolute Gasteiger partial charge is 0.496 e. The number of piperidine rings is 1. The fourth-order valence-corrected chi connectivity index (χ4v) is 4.90. The number of fused-ring (bicyclic) bond motifs is 1. The van der Waals surface area contributed by atoms with Gasteiger partial charge in [-0.15, -0.1) is 0 Å². The standard InChI is InChI=1S/C26H23BrN4O5/c1-35-23-9-5-16(13-20(23)27)26-29-21-14-17(6-10-24(21)36-26)28-25(32)19-15-18(31(33)34)7-8-22(19)30-11-3-2-4-12-30/h5-10,13-15H,2-4,11-12H2,1H3,(H,28,32). The minimum atomic E-state index is -0.489. The highest BCUT2D eigenvalue weighted by atomic mass is 79.9. The van der Waals surface area contributed by atoms with E-state index in [-0.39, 0.29) is 11.3 Å². The third kappa shape index (κ3) is 4.76. The van der Waals surface area contributed by atoms with Gasteiger partial charge in [0.25, 0.3) is 11.6 Å². The van der Waals surface area contributed by atoms with Gasteiger partial charge in [-0.3, -0.25) is 14.9 Å². The van der Waals surface area contributed by atoms with Crippen LogP contribution in [0, 0.1) is 10.1 Å². The molecule has 36 heavy (non-hydrogen) atoms. The lowest BCUT2D eigenvalue weighted by Gasteiger charge is -2.30. The second-order valence-corrected chi connectivity index (χ2v) is 9.37. The maximum absolute atomic E-state index is 13.3. The molecule has 0 bridgehead atoms. The highest BCUT2D eigenvalue weighted by Crippen LogP contribution is 2.33. The molecule has 1 aromatic heterocycles. The molecule has 1 amide bonds. The zero-order valence-electron chi connectivity index (χ0n) is 19.5. The lowest BCUT2D eigenvalue weighted by atomic mass is 10.1. The number of non-ortho nitro benzene ring substituents is 1. The molecule has 0 radical (unpaired) electrons. The van der Waals surface area contributed by atoms with Crippen molar-refractivity contribution in [2.24, 2.45) is 0 Å². The Morgan fingerprint density at radius 3 is 2.64 bits per heavy atom. The molecule has 4 aromatic rings. The molecule has 5 rings (SSSR count). The number of nitrogens with one attached hydrogen (secondary N) is 1. The number of aromatic nitrogens is 1. The van der Waals surface area contributed by atoms with Crippen molar-refractivity contribution in [3.05, 3.63) is 74.7 Å². The summed E-state index contributed by atoms with van der Waals surface area (Å²) < 4.78 is 12.0. The van der Waals surface area contributed by atoms with Crippen molar-refractivity contribution >= 4 is 50.0 Å². The fourth-order valence-electron chi connectivity index (χ4n) is 4.36. The number of nitro groups is 1. The molecule has 1 saturated heterocycles. The lowest BCUT2D eigenvalue weighted by Crippen LogP contribution is -2.31. The molecule has 3 aromatic carbocycles. The smallest absolute Gasteiger partial charge is 0.270 e. The zero-order chi connectivity index (χ0) is 25.2. The Bertz CT molecular complexity index is 1460. The van der Waals surface area contributed by atoms with E-state index in [0.29, 0.717) is 34.1 Å². The molecule has 9 nitrogen and oxygen atoms in total. The van der Waals surface area contributed by atoms with Crippen molar-refractivity contribution in [2.45, 2.75) is 19.3 Å². The fraction of sp³-hybridized carbons (Fsp3) is 0.231. The Morgan fingerprint density at radius 1 is 1.11 bits per heavy atom. The van der Waals surface area contributed by atoms with Gasteiger partial charge < -0.3 is 19.4 Å². The van der Waals surface area contributed by atoms with E-state index >= 15 is 0 Å². The van der Waals surface area contributed by atoms with Gasteiger partial charge in [0.1, 0.15) is 11.3 Å². The number of hydrogen-bond donors (Lipinski definition) is 1. The molecule has 0 unspecified atom stereocenters. The summed E-state index contributed by atoms with van der Waals surface area (Å²) in [5.41, 5.74) is 3.28. The van der Waals surface area contributed by atoms with Gasteiger partial charge in [-0.05, 0) is 77.7 Å².